The maximum atomic E-state index is 9.56. The number of halogens is 1. The molecule has 3 heteroatoms. The van der Waals surface area contributed by atoms with Crippen molar-refractivity contribution in [3.05, 3.63) is 47.0 Å². The van der Waals surface area contributed by atoms with E-state index in [0.717, 1.165) is 0 Å². The van der Waals surface area contributed by atoms with Crippen LogP contribution in [0.4, 0.5) is 0 Å². The van der Waals surface area contributed by atoms with E-state index in [9.17, 15) is 5.11 Å². The number of nitrogens with zero attached hydrogens (tertiary/aromatic N) is 1. The SMILES string of the molecule is C=C(C#N)[C@@H](O)c1ccccc1Cl. The van der Waals surface area contributed by atoms with E-state index in [2.05, 4.69) is 6.58 Å². The molecule has 2 nitrogen and oxygen atoms in total. The van der Waals surface area contributed by atoms with Crippen LogP contribution in [0.25, 0.3) is 0 Å². The minimum Gasteiger partial charge on any atom is -0.383 e. The molecule has 0 aromatic heterocycles. The second kappa shape index (κ2) is 4.08. The summed E-state index contributed by atoms with van der Waals surface area (Å²) in [6.07, 6.45) is -1.00. The van der Waals surface area contributed by atoms with E-state index >= 15 is 0 Å². The second-order valence-corrected chi connectivity index (χ2v) is 2.97. The van der Waals surface area contributed by atoms with Crippen LogP contribution in [0.5, 0.6) is 0 Å². The zero-order chi connectivity index (χ0) is 9.84. The summed E-state index contributed by atoms with van der Waals surface area (Å²) in [5.41, 5.74) is 0.601. The maximum absolute atomic E-state index is 9.56. The van der Waals surface area contributed by atoms with Crippen molar-refractivity contribution in [2.75, 3.05) is 0 Å². The van der Waals surface area contributed by atoms with E-state index in [-0.39, 0.29) is 5.57 Å². The number of hydrogen-bond donors (Lipinski definition) is 1. The first kappa shape index (κ1) is 9.79. The van der Waals surface area contributed by atoms with E-state index in [0.29, 0.717) is 10.6 Å². The Labute approximate surface area is 81.7 Å². The Morgan fingerprint density at radius 2 is 2.15 bits per heavy atom. The molecule has 0 aliphatic rings. The van der Waals surface area contributed by atoms with Crippen LogP contribution >= 0.6 is 11.6 Å². The highest BCUT2D eigenvalue weighted by Crippen LogP contribution is 2.26. The molecule has 1 rings (SSSR count). The highest BCUT2D eigenvalue weighted by Gasteiger charge is 2.13. The van der Waals surface area contributed by atoms with Gasteiger partial charge in [0.1, 0.15) is 6.10 Å². The van der Waals surface area contributed by atoms with Crippen LogP contribution in [0, 0.1) is 11.3 Å². The van der Waals surface area contributed by atoms with Gasteiger partial charge in [0.25, 0.3) is 0 Å². The van der Waals surface area contributed by atoms with E-state index in [1.165, 1.54) is 0 Å². The zero-order valence-corrected chi connectivity index (χ0v) is 7.62. The number of aliphatic hydroxyl groups excluding tert-OH is 1. The summed E-state index contributed by atoms with van der Waals surface area (Å²) in [5.74, 6) is 0. The molecule has 0 amide bonds. The molecule has 1 N–H and O–H groups in total. The highest BCUT2D eigenvalue weighted by atomic mass is 35.5. The molecule has 0 saturated carbocycles. The van der Waals surface area contributed by atoms with Gasteiger partial charge in [-0.3, -0.25) is 0 Å². The van der Waals surface area contributed by atoms with Crippen molar-refractivity contribution in [1.82, 2.24) is 0 Å². The zero-order valence-electron chi connectivity index (χ0n) is 6.87. The monoisotopic (exact) mass is 193 g/mol. The number of rotatable bonds is 2. The van der Waals surface area contributed by atoms with Gasteiger partial charge < -0.3 is 5.11 Å². The largest absolute Gasteiger partial charge is 0.383 e. The average Bonchev–Trinajstić information content (AvgIpc) is 2.16. The lowest BCUT2D eigenvalue weighted by molar-refractivity contribution is 0.221. The minimum atomic E-state index is -1.00. The lowest BCUT2D eigenvalue weighted by Crippen LogP contribution is -1.99. The van der Waals surface area contributed by atoms with Crippen molar-refractivity contribution in [3.63, 3.8) is 0 Å². The summed E-state index contributed by atoms with van der Waals surface area (Å²) in [5, 5.41) is 18.5. The third-order valence-electron chi connectivity index (χ3n) is 1.67. The van der Waals surface area contributed by atoms with Crippen molar-refractivity contribution in [2.24, 2.45) is 0 Å². The Kier molecular flexibility index (Phi) is 3.07. The van der Waals surface area contributed by atoms with Gasteiger partial charge in [-0.25, -0.2) is 0 Å². The third kappa shape index (κ3) is 2.09. The number of nitriles is 1. The average molecular weight is 194 g/mol. The molecule has 66 valence electrons. The molecular formula is C10H8ClNO. The lowest BCUT2D eigenvalue weighted by Gasteiger charge is -2.09. The van der Waals surface area contributed by atoms with Crippen LogP contribution in [0.3, 0.4) is 0 Å². The van der Waals surface area contributed by atoms with Crippen molar-refractivity contribution in [1.29, 1.82) is 5.26 Å². The fraction of sp³-hybridized carbons (Fsp3) is 0.100. The van der Waals surface area contributed by atoms with Crippen molar-refractivity contribution in [2.45, 2.75) is 6.10 Å². The standard InChI is InChI=1S/C10H8ClNO/c1-7(6-12)10(13)8-4-2-3-5-9(8)11/h2-5,10,13H,1H2/t10-/m1/s1. The highest BCUT2D eigenvalue weighted by molar-refractivity contribution is 6.31. The van der Waals surface area contributed by atoms with Crippen molar-refractivity contribution in [3.8, 4) is 6.07 Å². The summed E-state index contributed by atoms with van der Waals surface area (Å²) < 4.78 is 0. The van der Waals surface area contributed by atoms with Gasteiger partial charge in [0.2, 0.25) is 0 Å². The van der Waals surface area contributed by atoms with Crippen LogP contribution in [-0.4, -0.2) is 5.11 Å². The van der Waals surface area contributed by atoms with Crippen molar-refractivity contribution < 1.29 is 5.11 Å². The molecule has 13 heavy (non-hydrogen) atoms. The number of hydrogen-bond acceptors (Lipinski definition) is 2. The molecule has 0 saturated heterocycles. The predicted molar refractivity (Wildman–Crippen MR) is 51.2 cm³/mol. The Morgan fingerprint density at radius 3 is 2.69 bits per heavy atom. The smallest absolute Gasteiger partial charge is 0.115 e. The van der Waals surface area contributed by atoms with Gasteiger partial charge in [0.05, 0.1) is 11.6 Å². The summed E-state index contributed by atoms with van der Waals surface area (Å²) in [4.78, 5) is 0. The Morgan fingerprint density at radius 1 is 1.54 bits per heavy atom. The Hall–Kier alpha value is -1.30. The normalized spacial score (nSPS) is 11.8. The first-order valence-electron chi connectivity index (χ1n) is 3.68. The molecule has 0 fully saturated rings. The quantitative estimate of drug-likeness (QED) is 0.734. The topological polar surface area (TPSA) is 44.0 Å². The molecule has 0 unspecified atom stereocenters. The summed E-state index contributed by atoms with van der Waals surface area (Å²) in [6.45, 7) is 3.42. The Balaban J connectivity index is 3.03. The fourth-order valence-electron chi connectivity index (χ4n) is 0.946. The van der Waals surface area contributed by atoms with E-state index in [1.807, 2.05) is 0 Å². The van der Waals surface area contributed by atoms with Gasteiger partial charge in [-0.15, -0.1) is 0 Å². The molecule has 0 radical (unpaired) electrons. The maximum Gasteiger partial charge on any atom is 0.115 e. The molecule has 0 spiro atoms. The molecular weight excluding hydrogens is 186 g/mol. The lowest BCUT2D eigenvalue weighted by atomic mass is 10.0. The summed E-state index contributed by atoms with van der Waals surface area (Å²) in [6, 6.07) is 8.61. The van der Waals surface area contributed by atoms with Crippen LogP contribution in [0.15, 0.2) is 36.4 Å². The predicted octanol–water partition coefficient (Wildman–Crippen LogP) is 2.45. The first-order valence-corrected chi connectivity index (χ1v) is 4.06. The molecule has 1 atom stereocenters. The van der Waals surface area contributed by atoms with Crippen LogP contribution < -0.4 is 0 Å². The van der Waals surface area contributed by atoms with Crippen LogP contribution in [0.2, 0.25) is 5.02 Å². The van der Waals surface area contributed by atoms with E-state index < -0.39 is 6.10 Å². The number of aliphatic hydroxyl groups is 1. The van der Waals surface area contributed by atoms with Gasteiger partial charge >= 0.3 is 0 Å². The second-order valence-electron chi connectivity index (χ2n) is 2.56. The van der Waals surface area contributed by atoms with Gasteiger partial charge in [-0.1, -0.05) is 36.4 Å². The van der Waals surface area contributed by atoms with Gasteiger partial charge in [0.15, 0.2) is 0 Å². The Bertz CT molecular complexity index is 367. The molecule has 1 aromatic rings. The van der Waals surface area contributed by atoms with E-state index in [1.54, 1.807) is 30.3 Å². The van der Waals surface area contributed by atoms with Crippen LogP contribution in [0.1, 0.15) is 11.7 Å². The minimum absolute atomic E-state index is 0.0908. The summed E-state index contributed by atoms with van der Waals surface area (Å²) >= 11 is 5.81. The van der Waals surface area contributed by atoms with Gasteiger partial charge in [0, 0.05) is 10.6 Å². The molecule has 0 aliphatic heterocycles. The third-order valence-corrected chi connectivity index (χ3v) is 2.02. The molecule has 0 heterocycles. The summed E-state index contributed by atoms with van der Waals surface area (Å²) in [7, 11) is 0. The molecule has 1 aromatic carbocycles. The number of benzene rings is 1. The van der Waals surface area contributed by atoms with Gasteiger partial charge in [-0.05, 0) is 6.07 Å². The molecule has 0 bridgehead atoms. The fourth-order valence-corrected chi connectivity index (χ4v) is 1.18. The molecule has 0 aliphatic carbocycles. The van der Waals surface area contributed by atoms with Gasteiger partial charge in [-0.2, -0.15) is 5.26 Å². The van der Waals surface area contributed by atoms with Crippen molar-refractivity contribution >= 4 is 11.6 Å². The van der Waals surface area contributed by atoms with Crippen LogP contribution in [-0.2, 0) is 0 Å². The first-order chi connectivity index (χ1) is 6.16. The van der Waals surface area contributed by atoms with E-state index in [4.69, 9.17) is 16.9 Å².